The Labute approximate surface area is 141 Å². The van der Waals surface area contributed by atoms with Crippen LogP contribution < -0.4 is 0 Å². The predicted octanol–water partition coefficient (Wildman–Crippen LogP) is 4.31. The molecule has 0 N–H and O–H groups in total. The SMILES string of the molecule is Cc1nc2ccccc2nc1COC(=O)c1ccccc1C(F)(F)F. The molecule has 3 aromatic rings. The lowest BCUT2D eigenvalue weighted by Gasteiger charge is -2.12. The summed E-state index contributed by atoms with van der Waals surface area (Å²) in [5, 5.41) is 0. The number of para-hydroxylation sites is 2. The van der Waals surface area contributed by atoms with Crippen LogP contribution in [0.25, 0.3) is 11.0 Å². The molecule has 2 aromatic carbocycles. The van der Waals surface area contributed by atoms with Crippen molar-refractivity contribution < 1.29 is 22.7 Å². The fourth-order valence-corrected chi connectivity index (χ4v) is 2.38. The first kappa shape index (κ1) is 16.9. The van der Waals surface area contributed by atoms with Gasteiger partial charge in [0.25, 0.3) is 0 Å². The molecule has 7 heteroatoms. The Balaban J connectivity index is 1.83. The number of fused-ring (bicyclic) bond motifs is 1. The van der Waals surface area contributed by atoms with Crippen LogP contribution in [0.15, 0.2) is 48.5 Å². The van der Waals surface area contributed by atoms with Gasteiger partial charge in [0.1, 0.15) is 6.61 Å². The topological polar surface area (TPSA) is 52.1 Å². The van der Waals surface area contributed by atoms with Crippen molar-refractivity contribution in [1.82, 2.24) is 9.97 Å². The van der Waals surface area contributed by atoms with Gasteiger partial charge in [0, 0.05) is 0 Å². The molecule has 0 spiro atoms. The van der Waals surface area contributed by atoms with E-state index < -0.39 is 23.3 Å². The molecule has 1 heterocycles. The predicted molar refractivity (Wildman–Crippen MR) is 84.8 cm³/mol. The van der Waals surface area contributed by atoms with Gasteiger partial charge >= 0.3 is 12.1 Å². The molecule has 0 aliphatic carbocycles. The van der Waals surface area contributed by atoms with Gasteiger partial charge in [0.2, 0.25) is 0 Å². The normalized spacial score (nSPS) is 11.5. The van der Waals surface area contributed by atoms with Crippen molar-refractivity contribution in [3.63, 3.8) is 0 Å². The summed E-state index contributed by atoms with van der Waals surface area (Å²) in [5.41, 5.74) is 0.710. The zero-order valence-electron chi connectivity index (χ0n) is 13.2. The van der Waals surface area contributed by atoms with Crippen LogP contribution in [0.1, 0.15) is 27.3 Å². The van der Waals surface area contributed by atoms with Crippen molar-refractivity contribution >= 4 is 17.0 Å². The maximum Gasteiger partial charge on any atom is 0.417 e. The van der Waals surface area contributed by atoms with E-state index in [0.717, 1.165) is 12.1 Å². The summed E-state index contributed by atoms with van der Waals surface area (Å²) < 4.78 is 44.0. The Bertz CT molecular complexity index is 939. The van der Waals surface area contributed by atoms with Crippen molar-refractivity contribution in [3.8, 4) is 0 Å². The Morgan fingerprint density at radius 3 is 2.28 bits per heavy atom. The van der Waals surface area contributed by atoms with Crippen LogP contribution in [0.5, 0.6) is 0 Å². The summed E-state index contributed by atoms with van der Waals surface area (Å²) >= 11 is 0. The number of esters is 1. The molecule has 0 saturated heterocycles. The number of carbonyl (C=O) groups is 1. The summed E-state index contributed by atoms with van der Waals surface area (Å²) in [4.78, 5) is 20.8. The molecular weight excluding hydrogens is 333 g/mol. The molecule has 4 nitrogen and oxygen atoms in total. The van der Waals surface area contributed by atoms with Gasteiger partial charge in [0.05, 0.1) is 33.5 Å². The minimum atomic E-state index is -4.63. The van der Waals surface area contributed by atoms with Crippen molar-refractivity contribution in [2.45, 2.75) is 19.7 Å². The third kappa shape index (κ3) is 3.60. The molecule has 0 aliphatic heterocycles. The first-order chi connectivity index (χ1) is 11.9. The summed E-state index contributed by atoms with van der Waals surface area (Å²) in [6.07, 6.45) is -4.63. The highest BCUT2D eigenvalue weighted by atomic mass is 19.4. The molecule has 0 atom stereocenters. The second-order valence-corrected chi connectivity index (χ2v) is 5.36. The monoisotopic (exact) mass is 346 g/mol. The van der Waals surface area contributed by atoms with E-state index in [1.807, 2.05) is 6.07 Å². The van der Waals surface area contributed by atoms with Gasteiger partial charge in [-0.2, -0.15) is 13.2 Å². The van der Waals surface area contributed by atoms with Gasteiger partial charge < -0.3 is 4.74 Å². The average Bonchev–Trinajstić information content (AvgIpc) is 2.59. The third-order valence-corrected chi connectivity index (χ3v) is 3.64. The number of hydrogen-bond donors (Lipinski definition) is 0. The Hall–Kier alpha value is -2.96. The standard InChI is InChI=1S/C18H13F3N2O2/c1-11-16(23-15-9-5-4-8-14(15)22-11)10-25-17(24)12-6-2-3-7-13(12)18(19,20)21/h2-9H,10H2,1H3. The highest BCUT2D eigenvalue weighted by Gasteiger charge is 2.35. The van der Waals surface area contributed by atoms with E-state index in [1.165, 1.54) is 12.1 Å². The van der Waals surface area contributed by atoms with Crippen LogP contribution in [0, 0.1) is 6.92 Å². The quantitative estimate of drug-likeness (QED) is 0.663. The Kier molecular flexibility index (Phi) is 4.39. The molecule has 1 aromatic heterocycles. The van der Waals surface area contributed by atoms with Crippen molar-refractivity contribution in [2.24, 2.45) is 0 Å². The Morgan fingerprint density at radius 1 is 1.00 bits per heavy atom. The van der Waals surface area contributed by atoms with E-state index in [-0.39, 0.29) is 6.61 Å². The molecule has 128 valence electrons. The number of benzene rings is 2. The largest absolute Gasteiger partial charge is 0.455 e. The van der Waals surface area contributed by atoms with Crippen LogP contribution in [0.3, 0.4) is 0 Å². The summed E-state index contributed by atoms with van der Waals surface area (Å²) in [7, 11) is 0. The molecule has 3 rings (SSSR count). The number of aromatic nitrogens is 2. The lowest BCUT2D eigenvalue weighted by atomic mass is 10.1. The number of aryl methyl sites for hydroxylation is 1. The lowest BCUT2D eigenvalue weighted by molar-refractivity contribution is -0.138. The molecule has 0 saturated carbocycles. The number of alkyl halides is 3. The maximum atomic E-state index is 13.0. The lowest BCUT2D eigenvalue weighted by Crippen LogP contribution is -2.15. The number of rotatable bonds is 3. The number of carbonyl (C=O) groups excluding carboxylic acids is 1. The highest BCUT2D eigenvalue weighted by Crippen LogP contribution is 2.32. The molecule has 0 amide bonds. The van der Waals surface area contributed by atoms with Crippen LogP contribution in [0.4, 0.5) is 13.2 Å². The molecule has 0 bridgehead atoms. The minimum Gasteiger partial charge on any atom is -0.455 e. The van der Waals surface area contributed by atoms with Crippen LogP contribution in [0.2, 0.25) is 0 Å². The summed E-state index contributed by atoms with van der Waals surface area (Å²) in [6, 6.07) is 11.7. The second kappa shape index (κ2) is 6.51. The zero-order valence-corrected chi connectivity index (χ0v) is 13.2. The number of ether oxygens (including phenoxy) is 1. The zero-order chi connectivity index (χ0) is 18.0. The van der Waals surface area contributed by atoms with Crippen molar-refractivity contribution in [1.29, 1.82) is 0 Å². The van der Waals surface area contributed by atoms with E-state index in [1.54, 1.807) is 25.1 Å². The van der Waals surface area contributed by atoms with E-state index in [2.05, 4.69) is 9.97 Å². The van der Waals surface area contributed by atoms with E-state index in [4.69, 9.17) is 4.74 Å². The van der Waals surface area contributed by atoms with E-state index >= 15 is 0 Å². The van der Waals surface area contributed by atoms with Gasteiger partial charge in [0.15, 0.2) is 0 Å². The molecule has 0 unspecified atom stereocenters. The average molecular weight is 346 g/mol. The van der Waals surface area contributed by atoms with Gasteiger partial charge in [-0.05, 0) is 31.2 Å². The molecular formula is C18H13F3N2O2. The second-order valence-electron chi connectivity index (χ2n) is 5.36. The van der Waals surface area contributed by atoms with Crippen molar-refractivity contribution in [2.75, 3.05) is 0 Å². The first-order valence-corrected chi connectivity index (χ1v) is 7.42. The summed E-state index contributed by atoms with van der Waals surface area (Å²) in [5.74, 6) is -1.05. The Morgan fingerprint density at radius 2 is 1.60 bits per heavy atom. The molecule has 0 aliphatic rings. The number of nitrogens with zero attached hydrogens (tertiary/aromatic N) is 2. The van der Waals surface area contributed by atoms with Gasteiger partial charge in [-0.3, -0.25) is 0 Å². The van der Waals surface area contributed by atoms with Gasteiger partial charge in [-0.25, -0.2) is 14.8 Å². The summed E-state index contributed by atoms with van der Waals surface area (Å²) in [6.45, 7) is 1.45. The maximum absolute atomic E-state index is 13.0. The van der Waals surface area contributed by atoms with Crippen LogP contribution >= 0.6 is 0 Å². The van der Waals surface area contributed by atoms with Gasteiger partial charge in [-0.15, -0.1) is 0 Å². The van der Waals surface area contributed by atoms with Gasteiger partial charge in [-0.1, -0.05) is 24.3 Å². The fourth-order valence-electron chi connectivity index (χ4n) is 2.38. The molecule has 0 fully saturated rings. The first-order valence-electron chi connectivity index (χ1n) is 7.42. The fraction of sp³-hybridized carbons (Fsp3) is 0.167. The van der Waals surface area contributed by atoms with Crippen molar-refractivity contribution in [3.05, 3.63) is 71.0 Å². The molecule has 25 heavy (non-hydrogen) atoms. The molecule has 0 radical (unpaired) electrons. The number of hydrogen-bond acceptors (Lipinski definition) is 4. The van der Waals surface area contributed by atoms with Crippen LogP contribution in [-0.2, 0) is 17.5 Å². The smallest absolute Gasteiger partial charge is 0.417 e. The van der Waals surface area contributed by atoms with E-state index in [9.17, 15) is 18.0 Å². The number of halogens is 3. The minimum absolute atomic E-state index is 0.255. The van der Waals surface area contributed by atoms with Crippen LogP contribution in [-0.4, -0.2) is 15.9 Å². The highest BCUT2D eigenvalue weighted by molar-refractivity contribution is 5.91. The third-order valence-electron chi connectivity index (χ3n) is 3.64. The van der Waals surface area contributed by atoms with E-state index in [0.29, 0.717) is 22.4 Å².